The molecule has 0 amide bonds. The summed E-state index contributed by atoms with van der Waals surface area (Å²) in [6.07, 6.45) is 5.46. The van der Waals surface area contributed by atoms with Crippen molar-refractivity contribution in [2.24, 2.45) is 0 Å². The predicted octanol–water partition coefficient (Wildman–Crippen LogP) is 4.72. The number of fused-ring (bicyclic) bond motifs is 1. The second-order valence-electron chi connectivity index (χ2n) is 8.92. The first-order chi connectivity index (χ1) is 16.3. The van der Waals surface area contributed by atoms with Crippen LogP contribution in [0.15, 0.2) is 78.0 Å². The predicted molar refractivity (Wildman–Crippen MR) is 135 cm³/mol. The summed E-state index contributed by atoms with van der Waals surface area (Å²) >= 11 is 0. The second kappa shape index (κ2) is 8.83. The van der Waals surface area contributed by atoms with E-state index in [0.29, 0.717) is 18.9 Å². The maximum atomic E-state index is 13.2. The maximum absolute atomic E-state index is 13.2. The van der Waals surface area contributed by atoms with Gasteiger partial charge in [-0.25, -0.2) is 17.4 Å². The molecule has 7 heteroatoms. The van der Waals surface area contributed by atoms with Crippen molar-refractivity contribution in [2.45, 2.75) is 18.4 Å². The molecule has 0 atom stereocenters. The van der Waals surface area contributed by atoms with E-state index in [1.807, 2.05) is 13.0 Å². The highest BCUT2D eigenvalue weighted by Gasteiger charge is 2.20. The average molecular weight is 474 g/mol. The summed E-state index contributed by atoms with van der Waals surface area (Å²) in [6, 6.07) is 17.1. The number of pyridine rings is 1. The van der Waals surface area contributed by atoms with Crippen LogP contribution < -0.4 is 0 Å². The number of aryl methyl sites for hydroxylation is 1. The second-order valence-corrected chi connectivity index (χ2v) is 10.7. The zero-order valence-corrected chi connectivity index (χ0v) is 20.3. The molecule has 0 bridgehead atoms. The SMILES string of the molecule is Cc1ccc(S(=O)(=O)n2ccc3cc(-c4ccc(C5=CCOC5)c(CN(C)C)c4)cnc32)cc1. The summed E-state index contributed by atoms with van der Waals surface area (Å²) < 4.78 is 33.2. The van der Waals surface area contributed by atoms with Crippen LogP contribution in [-0.4, -0.2) is 49.6 Å². The quantitative estimate of drug-likeness (QED) is 0.405. The number of hydrogen-bond acceptors (Lipinski definition) is 5. The molecule has 0 radical (unpaired) electrons. The van der Waals surface area contributed by atoms with Crippen LogP contribution in [0.4, 0.5) is 0 Å². The Hall–Kier alpha value is -3.26. The number of hydrogen-bond donors (Lipinski definition) is 0. The van der Waals surface area contributed by atoms with Gasteiger partial charge in [0.05, 0.1) is 18.1 Å². The number of ether oxygens (including phenoxy) is 1. The van der Waals surface area contributed by atoms with Gasteiger partial charge in [-0.05, 0) is 73.6 Å². The minimum atomic E-state index is -3.72. The monoisotopic (exact) mass is 473 g/mol. The van der Waals surface area contributed by atoms with Crippen LogP contribution in [0, 0.1) is 6.92 Å². The number of aromatic nitrogens is 2. The van der Waals surface area contributed by atoms with Gasteiger partial charge in [0, 0.05) is 29.9 Å². The van der Waals surface area contributed by atoms with E-state index >= 15 is 0 Å². The van der Waals surface area contributed by atoms with E-state index in [-0.39, 0.29) is 4.90 Å². The fourth-order valence-corrected chi connectivity index (χ4v) is 5.62. The molecule has 2 aromatic heterocycles. The molecule has 0 fully saturated rings. The Labute approximate surface area is 200 Å². The summed E-state index contributed by atoms with van der Waals surface area (Å²) in [4.78, 5) is 6.95. The summed E-state index contributed by atoms with van der Waals surface area (Å²) in [6.45, 7) is 4.03. The Balaban J connectivity index is 1.54. The van der Waals surface area contributed by atoms with Crippen molar-refractivity contribution in [1.29, 1.82) is 0 Å². The lowest BCUT2D eigenvalue weighted by Crippen LogP contribution is -2.12. The Morgan fingerprint density at radius 1 is 1.03 bits per heavy atom. The molecule has 174 valence electrons. The molecular formula is C27H27N3O3S. The average Bonchev–Trinajstić information content (AvgIpc) is 3.49. The van der Waals surface area contributed by atoms with Gasteiger partial charge in [0.15, 0.2) is 5.65 Å². The minimum Gasteiger partial charge on any atom is -0.373 e. The first-order valence-corrected chi connectivity index (χ1v) is 12.6. The molecule has 4 aromatic rings. The Bertz CT molecular complexity index is 1500. The molecule has 0 aliphatic carbocycles. The van der Waals surface area contributed by atoms with E-state index in [1.54, 1.807) is 42.7 Å². The van der Waals surface area contributed by atoms with Crippen LogP contribution in [-0.2, 0) is 21.3 Å². The lowest BCUT2D eigenvalue weighted by atomic mass is 9.95. The fourth-order valence-electron chi connectivity index (χ4n) is 4.31. The lowest BCUT2D eigenvalue weighted by molar-refractivity contribution is 0.216. The van der Waals surface area contributed by atoms with Crippen LogP contribution in [0.25, 0.3) is 27.7 Å². The van der Waals surface area contributed by atoms with Crippen LogP contribution in [0.5, 0.6) is 0 Å². The van der Waals surface area contributed by atoms with Gasteiger partial charge in [0.1, 0.15) is 0 Å². The van der Waals surface area contributed by atoms with Gasteiger partial charge in [-0.15, -0.1) is 0 Å². The lowest BCUT2D eigenvalue weighted by Gasteiger charge is -2.16. The van der Waals surface area contributed by atoms with Gasteiger partial charge in [-0.3, -0.25) is 0 Å². The molecule has 34 heavy (non-hydrogen) atoms. The zero-order chi connectivity index (χ0) is 23.9. The molecule has 0 saturated carbocycles. The third-order valence-corrected chi connectivity index (χ3v) is 7.73. The highest BCUT2D eigenvalue weighted by molar-refractivity contribution is 7.90. The summed E-state index contributed by atoms with van der Waals surface area (Å²) in [5.74, 6) is 0. The van der Waals surface area contributed by atoms with Crippen molar-refractivity contribution >= 4 is 26.6 Å². The Kier molecular flexibility index (Phi) is 5.85. The van der Waals surface area contributed by atoms with Gasteiger partial charge in [0.2, 0.25) is 0 Å². The zero-order valence-electron chi connectivity index (χ0n) is 19.5. The van der Waals surface area contributed by atoms with Crippen LogP contribution in [0.2, 0.25) is 0 Å². The van der Waals surface area contributed by atoms with E-state index in [9.17, 15) is 8.42 Å². The maximum Gasteiger partial charge on any atom is 0.269 e. The van der Waals surface area contributed by atoms with E-state index in [4.69, 9.17) is 4.74 Å². The summed E-state index contributed by atoms with van der Waals surface area (Å²) in [7, 11) is 0.391. The summed E-state index contributed by atoms with van der Waals surface area (Å²) in [5.41, 5.74) is 7.07. The molecular weight excluding hydrogens is 446 g/mol. The standard InChI is InChI=1S/C27H27N3O3S/c1-19-4-7-25(8-5-19)34(31,32)30-12-10-21-15-23(16-28-27(21)30)20-6-9-26(22-11-13-33-18-22)24(14-20)17-29(2)3/h4-12,14-16H,13,17-18H2,1-3H3. The molecule has 0 spiro atoms. The Morgan fingerprint density at radius 2 is 1.82 bits per heavy atom. The van der Waals surface area contributed by atoms with Gasteiger partial charge < -0.3 is 9.64 Å². The first-order valence-electron chi connectivity index (χ1n) is 11.2. The van der Waals surface area contributed by atoms with E-state index in [2.05, 4.69) is 48.3 Å². The highest BCUT2D eigenvalue weighted by atomic mass is 32.2. The molecule has 1 aliphatic rings. The largest absolute Gasteiger partial charge is 0.373 e. The van der Waals surface area contributed by atoms with Crippen molar-refractivity contribution in [3.8, 4) is 11.1 Å². The minimum absolute atomic E-state index is 0.246. The molecule has 2 aromatic carbocycles. The number of rotatable bonds is 6. The molecule has 0 saturated heterocycles. The van der Waals surface area contributed by atoms with Gasteiger partial charge in [0.25, 0.3) is 10.0 Å². The van der Waals surface area contributed by atoms with Crippen LogP contribution in [0.3, 0.4) is 0 Å². The summed E-state index contributed by atoms with van der Waals surface area (Å²) in [5, 5.41) is 0.776. The van der Waals surface area contributed by atoms with E-state index in [0.717, 1.165) is 28.6 Å². The van der Waals surface area contributed by atoms with Gasteiger partial charge >= 0.3 is 0 Å². The molecule has 1 aliphatic heterocycles. The molecule has 5 rings (SSSR count). The Morgan fingerprint density at radius 3 is 2.53 bits per heavy atom. The third kappa shape index (κ3) is 4.18. The van der Waals surface area contributed by atoms with Crippen LogP contribution in [0.1, 0.15) is 16.7 Å². The van der Waals surface area contributed by atoms with Gasteiger partial charge in [-0.2, -0.15) is 0 Å². The van der Waals surface area contributed by atoms with Crippen molar-refractivity contribution in [3.05, 3.63) is 89.8 Å². The van der Waals surface area contributed by atoms with Crippen molar-refractivity contribution < 1.29 is 13.2 Å². The highest BCUT2D eigenvalue weighted by Crippen LogP contribution is 2.31. The van der Waals surface area contributed by atoms with E-state index < -0.39 is 10.0 Å². The third-order valence-electron chi connectivity index (χ3n) is 6.05. The number of benzene rings is 2. The first kappa shape index (κ1) is 22.5. The number of nitrogens with zero attached hydrogens (tertiary/aromatic N) is 3. The molecule has 3 heterocycles. The van der Waals surface area contributed by atoms with Crippen molar-refractivity contribution in [2.75, 3.05) is 27.3 Å². The van der Waals surface area contributed by atoms with Crippen molar-refractivity contribution in [3.63, 3.8) is 0 Å². The van der Waals surface area contributed by atoms with Crippen LogP contribution >= 0.6 is 0 Å². The van der Waals surface area contributed by atoms with Crippen molar-refractivity contribution in [1.82, 2.24) is 13.9 Å². The molecule has 0 unspecified atom stereocenters. The topological polar surface area (TPSA) is 64.4 Å². The smallest absolute Gasteiger partial charge is 0.269 e. The molecule has 6 nitrogen and oxygen atoms in total. The fraction of sp³-hybridized carbons (Fsp3) is 0.222. The normalized spacial score (nSPS) is 14.2. The van der Waals surface area contributed by atoms with Gasteiger partial charge in [-0.1, -0.05) is 35.9 Å². The van der Waals surface area contributed by atoms with E-state index in [1.165, 1.54) is 20.7 Å². The molecule has 0 N–H and O–H groups in total.